The van der Waals surface area contributed by atoms with Gasteiger partial charge in [-0.1, -0.05) is 38.1 Å². The van der Waals surface area contributed by atoms with E-state index in [9.17, 15) is 0 Å². The summed E-state index contributed by atoms with van der Waals surface area (Å²) in [6, 6.07) is 15.9. The Hall–Kier alpha value is -1.34. The first-order valence-corrected chi connectivity index (χ1v) is 5.94. The largest absolute Gasteiger partial charge is 0.300 e. The Bertz CT molecular complexity index is 458. The Morgan fingerprint density at radius 1 is 1.06 bits per heavy atom. The third-order valence-electron chi connectivity index (χ3n) is 3.05. The van der Waals surface area contributed by atoms with E-state index in [0.717, 1.165) is 19.6 Å². The highest BCUT2D eigenvalue weighted by Gasteiger charge is 2.01. The summed E-state index contributed by atoms with van der Waals surface area (Å²) in [4.78, 5) is 2.43. The summed E-state index contributed by atoms with van der Waals surface area (Å²) >= 11 is 0. The van der Waals surface area contributed by atoms with Gasteiger partial charge in [-0.15, -0.1) is 0 Å². The summed E-state index contributed by atoms with van der Waals surface area (Å²) < 4.78 is 0. The molecular formula is C15H18N. The van der Waals surface area contributed by atoms with Crippen molar-refractivity contribution in [2.45, 2.75) is 20.4 Å². The lowest BCUT2D eigenvalue weighted by molar-refractivity contribution is 0.296. The summed E-state index contributed by atoms with van der Waals surface area (Å²) in [5.74, 6) is 0. The van der Waals surface area contributed by atoms with Crippen molar-refractivity contribution in [3.8, 4) is 0 Å². The molecule has 2 aromatic rings. The van der Waals surface area contributed by atoms with Crippen molar-refractivity contribution < 1.29 is 0 Å². The van der Waals surface area contributed by atoms with Crippen molar-refractivity contribution in [3.05, 3.63) is 48.0 Å². The fourth-order valence-electron chi connectivity index (χ4n) is 1.98. The van der Waals surface area contributed by atoms with E-state index >= 15 is 0 Å². The lowest BCUT2D eigenvalue weighted by atomic mass is 10.1. The Kier molecular flexibility index (Phi) is 3.58. The Balaban J connectivity index is 2.25. The molecule has 0 aliphatic rings. The Labute approximate surface area is 97.7 Å². The standard InChI is InChI=1S/C15H18N/c1-3-16(4-2)12-13-9-10-14-7-5-6-8-15(14)11-13/h6-11H,3-4,12H2,1-2H3. The monoisotopic (exact) mass is 212 g/mol. The molecule has 1 heteroatoms. The maximum absolute atomic E-state index is 3.11. The van der Waals surface area contributed by atoms with Gasteiger partial charge in [-0.05, 0) is 47.6 Å². The second kappa shape index (κ2) is 5.13. The molecule has 0 unspecified atom stereocenters. The van der Waals surface area contributed by atoms with Crippen LogP contribution in [-0.2, 0) is 6.54 Å². The van der Waals surface area contributed by atoms with Crippen LogP contribution >= 0.6 is 0 Å². The molecule has 0 aliphatic carbocycles. The van der Waals surface area contributed by atoms with Gasteiger partial charge in [0, 0.05) is 6.54 Å². The molecule has 16 heavy (non-hydrogen) atoms. The molecule has 1 radical (unpaired) electrons. The van der Waals surface area contributed by atoms with Crippen molar-refractivity contribution in [1.29, 1.82) is 0 Å². The number of nitrogens with zero attached hydrogens (tertiary/aromatic N) is 1. The third kappa shape index (κ3) is 2.42. The van der Waals surface area contributed by atoms with Gasteiger partial charge < -0.3 is 0 Å². The molecule has 0 saturated carbocycles. The average Bonchev–Trinajstić information content (AvgIpc) is 2.35. The van der Waals surface area contributed by atoms with Crippen LogP contribution in [0.4, 0.5) is 0 Å². The lowest BCUT2D eigenvalue weighted by Gasteiger charge is -2.18. The molecule has 0 atom stereocenters. The van der Waals surface area contributed by atoms with Gasteiger partial charge in [0.05, 0.1) is 0 Å². The molecule has 1 nitrogen and oxygen atoms in total. The molecule has 0 heterocycles. The second-order valence-electron chi connectivity index (χ2n) is 4.07. The predicted molar refractivity (Wildman–Crippen MR) is 69.4 cm³/mol. The van der Waals surface area contributed by atoms with Crippen LogP contribution in [-0.4, -0.2) is 18.0 Å². The molecule has 2 aromatic carbocycles. The highest BCUT2D eigenvalue weighted by Crippen LogP contribution is 2.16. The average molecular weight is 212 g/mol. The van der Waals surface area contributed by atoms with Crippen LogP contribution in [0.5, 0.6) is 0 Å². The van der Waals surface area contributed by atoms with E-state index in [1.807, 2.05) is 12.1 Å². The third-order valence-corrected chi connectivity index (χ3v) is 3.05. The fraction of sp³-hybridized carbons (Fsp3) is 0.333. The number of fused-ring (bicyclic) bond motifs is 1. The second-order valence-corrected chi connectivity index (χ2v) is 4.07. The zero-order valence-electron chi connectivity index (χ0n) is 10.0. The van der Waals surface area contributed by atoms with E-state index in [4.69, 9.17) is 0 Å². The zero-order valence-corrected chi connectivity index (χ0v) is 10.0. The minimum absolute atomic E-state index is 1.04. The summed E-state index contributed by atoms with van der Waals surface area (Å²) in [5, 5.41) is 2.58. The maximum Gasteiger partial charge on any atom is 0.0233 e. The minimum atomic E-state index is 1.04. The molecule has 0 aromatic heterocycles. The normalized spacial score (nSPS) is 11.2. The first-order valence-electron chi connectivity index (χ1n) is 5.94. The van der Waals surface area contributed by atoms with Crippen LogP contribution < -0.4 is 0 Å². The van der Waals surface area contributed by atoms with Crippen molar-refractivity contribution in [3.63, 3.8) is 0 Å². The fourth-order valence-corrected chi connectivity index (χ4v) is 1.98. The first kappa shape index (κ1) is 11.2. The number of hydrogen-bond acceptors (Lipinski definition) is 1. The van der Waals surface area contributed by atoms with Crippen LogP contribution in [0.25, 0.3) is 10.8 Å². The predicted octanol–water partition coefficient (Wildman–Crippen LogP) is 3.48. The van der Waals surface area contributed by atoms with Crippen molar-refractivity contribution >= 4 is 10.8 Å². The first-order chi connectivity index (χ1) is 7.83. The van der Waals surface area contributed by atoms with Crippen LogP contribution in [0.15, 0.2) is 36.4 Å². The van der Waals surface area contributed by atoms with E-state index in [0.29, 0.717) is 0 Å². The van der Waals surface area contributed by atoms with Gasteiger partial charge in [0.15, 0.2) is 0 Å². The molecule has 0 bridgehead atoms. The van der Waals surface area contributed by atoms with Crippen molar-refractivity contribution in [1.82, 2.24) is 4.90 Å². The van der Waals surface area contributed by atoms with Crippen molar-refractivity contribution in [2.75, 3.05) is 13.1 Å². The number of rotatable bonds is 4. The highest BCUT2D eigenvalue weighted by molar-refractivity contribution is 5.82. The smallest absolute Gasteiger partial charge is 0.0233 e. The molecule has 0 N–H and O–H groups in total. The van der Waals surface area contributed by atoms with E-state index in [1.165, 1.54) is 16.3 Å². The Morgan fingerprint density at radius 3 is 2.62 bits per heavy atom. The summed E-state index contributed by atoms with van der Waals surface area (Å²) in [6.45, 7) is 7.68. The Morgan fingerprint density at radius 2 is 1.88 bits per heavy atom. The molecule has 83 valence electrons. The SMILES string of the molecule is CCN(CC)Cc1ccc2c[c]ccc2c1. The molecule has 2 rings (SSSR count). The van der Waals surface area contributed by atoms with E-state index in [-0.39, 0.29) is 0 Å². The van der Waals surface area contributed by atoms with Gasteiger partial charge in [0.25, 0.3) is 0 Å². The summed E-state index contributed by atoms with van der Waals surface area (Å²) in [5.41, 5.74) is 1.39. The maximum atomic E-state index is 3.11. The molecule has 0 spiro atoms. The van der Waals surface area contributed by atoms with Gasteiger partial charge in [-0.2, -0.15) is 0 Å². The van der Waals surface area contributed by atoms with Gasteiger partial charge in [0.2, 0.25) is 0 Å². The molecule has 0 amide bonds. The number of hydrogen-bond donors (Lipinski definition) is 0. The number of benzene rings is 2. The van der Waals surface area contributed by atoms with Gasteiger partial charge in [0.1, 0.15) is 0 Å². The summed E-state index contributed by atoms with van der Waals surface area (Å²) in [6.07, 6.45) is 0. The topological polar surface area (TPSA) is 3.24 Å². The molecule has 0 fully saturated rings. The van der Waals surface area contributed by atoms with Crippen molar-refractivity contribution in [2.24, 2.45) is 0 Å². The van der Waals surface area contributed by atoms with Gasteiger partial charge >= 0.3 is 0 Å². The van der Waals surface area contributed by atoms with Crippen LogP contribution in [0, 0.1) is 6.07 Å². The van der Waals surface area contributed by atoms with Crippen LogP contribution in [0.3, 0.4) is 0 Å². The van der Waals surface area contributed by atoms with E-state index in [1.54, 1.807) is 0 Å². The van der Waals surface area contributed by atoms with Crippen LogP contribution in [0.1, 0.15) is 19.4 Å². The van der Waals surface area contributed by atoms with Crippen LogP contribution in [0.2, 0.25) is 0 Å². The summed E-state index contributed by atoms with van der Waals surface area (Å²) in [7, 11) is 0. The quantitative estimate of drug-likeness (QED) is 0.750. The molecular weight excluding hydrogens is 194 g/mol. The van der Waals surface area contributed by atoms with E-state index in [2.05, 4.69) is 49.1 Å². The highest BCUT2D eigenvalue weighted by atomic mass is 15.1. The van der Waals surface area contributed by atoms with Gasteiger partial charge in [-0.25, -0.2) is 0 Å². The minimum Gasteiger partial charge on any atom is -0.300 e. The molecule has 0 saturated heterocycles. The van der Waals surface area contributed by atoms with Gasteiger partial charge in [-0.3, -0.25) is 4.90 Å². The van der Waals surface area contributed by atoms with E-state index < -0.39 is 0 Å². The molecule has 0 aliphatic heterocycles. The zero-order chi connectivity index (χ0) is 11.4. The lowest BCUT2D eigenvalue weighted by Crippen LogP contribution is -2.21.